The highest BCUT2D eigenvalue weighted by Gasteiger charge is 2.27. The standard InChI is InChI=1S/C24H22BrCl2N3O5S/c1-34-22-5-3-4-17(24(22)35-2)13-28-29-23(31)15-30(14-16-6-11-20(26)21(27)12-16)36(32,33)19-9-7-18(25)8-10-19/h3-13H,14-15H2,1-2H3,(H,29,31)/b28-13+. The molecule has 8 nitrogen and oxygen atoms in total. The monoisotopic (exact) mass is 613 g/mol. The number of methoxy groups -OCH3 is 2. The van der Waals surface area contributed by atoms with Crippen LogP contribution in [0.4, 0.5) is 0 Å². The van der Waals surface area contributed by atoms with E-state index in [4.69, 9.17) is 32.7 Å². The fourth-order valence-electron chi connectivity index (χ4n) is 3.21. The quantitative estimate of drug-likeness (QED) is 0.253. The summed E-state index contributed by atoms with van der Waals surface area (Å²) in [6.45, 7) is -0.610. The van der Waals surface area contributed by atoms with E-state index >= 15 is 0 Å². The van der Waals surface area contributed by atoms with Crippen molar-refractivity contribution in [1.29, 1.82) is 0 Å². The number of halogens is 3. The van der Waals surface area contributed by atoms with E-state index in [-0.39, 0.29) is 16.5 Å². The second-order valence-corrected chi connectivity index (χ2v) is 11.0. The molecule has 12 heteroatoms. The molecule has 0 aliphatic rings. The molecule has 0 unspecified atom stereocenters. The SMILES string of the molecule is COc1cccc(/C=N/NC(=O)CN(Cc2ccc(Cl)c(Cl)c2)S(=O)(=O)c2ccc(Br)cc2)c1OC. The molecule has 0 saturated carbocycles. The van der Waals surface area contributed by atoms with Crippen molar-refractivity contribution in [1.82, 2.24) is 9.73 Å². The molecule has 0 aromatic heterocycles. The van der Waals surface area contributed by atoms with Crippen molar-refractivity contribution >= 4 is 61.3 Å². The van der Waals surface area contributed by atoms with Crippen LogP contribution < -0.4 is 14.9 Å². The Morgan fingerprint density at radius 1 is 1.06 bits per heavy atom. The molecule has 3 aromatic carbocycles. The van der Waals surface area contributed by atoms with E-state index in [9.17, 15) is 13.2 Å². The van der Waals surface area contributed by atoms with Gasteiger partial charge in [-0.25, -0.2) is 13.8 Å². The van der Waals surface area contributed by atoms with Gasteiger partial charge in [-0.05, 0) is 54.1 Å². The van der Waals surface area contributed by atoms with E-state index in [1.54, 1.807) is 48.5 Å². The van der Waals surface area contributed by atoms with Crippen LogP contribution in [0.3, 0.4) is 0 Å². The van der Waals surface area contributed by atoms with E-state index in [1.165, 1.54) is 32.6 Å². The molecule has 0 saturated heterocycles. The van der Waals surface area contributed by atoms with Crippen molar-refractivity contribution in [3.05, 3.63) is 86.3 Å². The lowest BCUT2D eigenvalue weighted by Gasteiger charge is -2.22. The number of hydrogen-bond donors (Lipinski definition) is 1. The molecule has 3 rings (SSSR count). The van der Waals surface area contributed by atoms with Crippen LogP contribution in [0, 0.1) is 0 Å². The highest BCUT2D eigenvalue weighted by atomic mass is 79.9. The highest BCUT2D eigenvalue weighted by Crippen LogP contribution is 2.29. The smallest absolute Gasteiger partial charge is 0.255 e. The summed E-state index contributed by atoms with van der Waals surface area (Å²) in [6, 6.07) is 16.1. The number of para-hydroxylation sites is 1. The van der Waals surface area contributed by atoms with Crippen molar-refractivity contribution in [2.45, 2.75) is 11.4 Å². The molecule has 0 spiro atoms. The zero-order valence-electron chi connectivity index (χ0n) is 19.2. The first-order valence-corrected chi connectivity index (χ1v) is 13.4. The zero-order chi connectivity index (χ0) is 26.3. The number of ether oxygens (including phenoxy) is 2. The minimum atomic E-state index is -4.04. The van der Waals surface area contributed by atoms with Gasteiger partial charge in [-0.2, -0.15) is 9.41 Å². The number of sulfonamides is 1. The van der Waals surface area contributed by atoms with Gasteiger partial charge in [0.05, 0.1) is 41.9 Å². The van der Waals surface area contributed by atoms with Crippen LogP contribution in [-0.4, -0.2) is 45.6 Å². The molecule has 0 fully saturated rings. The molecule has 36 heavy (non-hydrogen) atoms. The van der Waals surface area contributed by atoms with Crippen LogP contribution in [0.2, 0.25) is 10.0 Å². The summed E-state index contributed by atoms with van der Waals surface area (Å²) < 4.78 is 39.1. The molecule has 0 bridgehead atoms. The van der Waals surface area contributed by atoms with Crippen molar-refractivity contribution < 1.29 is 22.7 Å². The van der Waals surface area contributed by atoms with E-state index in [0.29, 0.717) is 27.6 Å². The van der Waals surface area contributed by atoms with E-state index < -0.39 is 22.5 Å². The van der Waals surface area contributed by atoms with Crippen molar-refractivity contribution in [3.8, 4) is 11.5 Å². The van der Waals surface area contributed by atoms with Gasteiger partial charge < -0.3 is 9.47 Å². The summed E-state index contributed by atoms with van der Waals surface area (Å²) >= 11 is 15.4. The van der Waals surface area contributed by atoms with Crippen LogP contribution >= 0.6 is 39.1 Å². The number of amides is 1. The fourth-order valence-corrected chi connectivity index (χ4v) is 5.18. The Balaban J connectivity index is 1.83. The fraction of sp³-hybridized carbons (Fsp3) is 0.167. The molecule has 1 N–H and O–H groups in total. The summed E-state index contributed by atoms with van der Waals surface area (Å²) in [6.07, 6.45) is 1.38. The maximum Gasteiger partial charge on any atom is 0.255 e. The van der Waals surface area contributed by atoms with Gasteiger partial charge in [-0.1, -0.05) is 51.3 Å². The van der Waals surface area contributed by atoms with Crippen LogP contribution in [0.15, 0.2) is 75.1 Å². The topological polar surface area (TPSA) is 97.3 Å². The first-order chi connectivity index (χ1) is 17.1. The summed E-state index contributed by atoms with van der Waals surface area (Å²) in [5.41, 5.74) is 3.48. The lowest BCUT2D eigenvalue weighted by molar-refractivity contribution is -0.121. The molecule has 3 aromatic rings. The Kier molecular flexibility index (Phi) is 9.75. The molecule has 190 valence electrons. The maximum absolute atomic E-state index is 13.4. The van der Waals surface area contributed by atoms with Gasteiger partial charge >= 0.3 is 0 Å². The predicted octanol–water partition coefficient (Wildman–Crippen LogP) is 5.11. The van der Waals surface area contributed by atoms with Gasteiger partial charge in [0.15, 0.2) is 11.5 Å². The van der Waals surface area contributed by atoms with Crippen LogP contribution in [0.5, 0.6) is 11.5 Å². The third kappa shape index (κ3) is 6.98. The Hall–Kier alpha value is -2.63. The summed E-state index contributed by atoms with van der Waals surface area (Å²) in [5, 5.41) is 4.56. The Morgan fingerprint density at radius 2 is 1.78 bits per heavy atom. The molecule has 0 heterocycles. The average Bonchev–Trinajstić information content (AvgIpc) is 2.85. The van der Waals surface area contributed by atoms with E-state index in [2.05, 4.69) is 26.5 Å². The molecular formula is C24H22BrCl2N3O5S. The second-order valence-electron chi connectivity index (χ2n) is 7.35. The number of nitrogens with zero attached hydrogens (tertiary/aromatic N) is 2. The van der Waals surface area contributed by atoms with E-state index in [1.807, 2.05) is 0 Å². The first-order valence-electron chi connectivity index (χ1n) is 10.4. The largest absolute Gasteiger partial charge is 0.493 e. The first kappa shape index (κ1) is 27.9. The van der Waals surface area contributed by atoms with Gasteiger partial charge in [-0.3, -0.25) is 4.79 Å². The average molecular weight is 615 g/mol. The maximum atomic E-state index is 13.4. The lowest BCUT2D eigenvalue weighted by atomic mass is 10.2. The summed E-state index contributed by atoms with van der Waals surface area (Å²) in [4.78, 5) is 12.8. The van der Waals surface area contributed by atoms with Gasteiger partial charge in [-0.15, -0.1) is 0 Å². The Morgan fingerprint density at radius 3 is 2.42 bits per heavy atom. The van der Waals surface area contributed by atoms with Crippen molar-refractivity contribution in [2.24, 2.45) is 5.10 Å². The molecule has 0 radical (unpaired) electrons. The summed E-state index contributed by atoms with van der Waals surface area (Å²) in [7, 11) is -1.05. The minimum Gasteiger partial charge on any atom is -0.493 e. The number of rotatable bonds is 10. The van der Waals surface area contributed by atoms with Gasteiger partial charge in [0.1, 0.15) is 0 Å². The number of carbonyl (C=O) groups is 1. The van der Waals surface area contributed by atoms with Crippen LogP contribution in [-0.2, 0) is 21.4 Å². The normalized spacial score (nSPS) is 11.6. The highest BCUT2D eigenvalue weighted by molar-refractivity contribution is 9.10. The zero-order valence-corrected chi connectivity index (χ0v) is 23.2. The molecule has 0 aliphatic carbocycles. The number of nitrogens with one attached hydrogen (secondary N) is 1. The molecule has 1 amide bonds. The third-order valence-electron chi connectivity index (χ3n) is 4.94. The Labute approximate surface area is 228 Å². The summed E-state index contributed by atoms with van der Waals surface area (Å²) in [5.74, 6) is 0.298. The van der Waals surface area contributed by atoms with Gasteiger partial charge in [0.2, 0.25) is 10.0 Å². The van der Waals surface area contributed by atoms with Crippen molar-refractivity contribution in [3.63, 3.8) is 0 Å². The Bertz CT molecular complexity index is 1370. The van der Waals surface area contributed by atoms with Crippen molar-refractivity contribution in [2.75, 3.05) is 20.8 Å². The number of hydrogen-bond acceptors (Lipinski definition) is 6. The molecular weight excluding hydrogens is 593 g/mol. The number of hydrazone groups is 1. The van der Waals surface area contributed by atoms with Gasteiger partial charge in [0, 0.05) is 16.6 Å². The van der Waals surface area contributed by atoms with Crippen LogP contribution in [0.1, 0.15) is 11.1 Å². The predicted molar refractivity (Wildman–Crippen MR) is 143 cm³/mol. The lowest BCUT2D eigenvalue weighted by Crippen LogP contribution is -2.39. The minimum absolute atomic E-state index is 0.0307. The molecule has 0 aliphatic heterocycles. The van der Waals surface area contributed by atoms with Gasteiger partial charge in [0.25, 0.3) is 5.91 Å². The molecule has 0 atom stereocenters. The third-order valence-corrected chi connectivity index (χ3v) is 8.01. The van der Waals surface area contributed by atoms with E-state index in [0.717, 1.165) is 8.78 Å². The number of benzene rings is 3. The van der Waals surface area contributed by atoms with Crippen LogP contribution in [0.25, 0.3) is 0 Å². The number of carbonyl (C=O) groups excluding carboxylic acids is 1. The second kappa shape index (κ2) is 12.6.